The van der Waals surface area contributed by atoms with Gasteiger partial charge in [-0.05, 0) is 41.8 Å². The molecular weight excluding hydrogens is 420 g/mol. The van der Waals surface area contributed by atoms with Gasteiger partial charge in [0.15, 0.2) is 18.1 Å². The molecule has 0 aliphatic rings. The second-order valence-corrected chi connectivity index (χ2v) is 8.25. The second-order valence-electron chi connectivity index (χ2n) is 7.22. The zero-order valence-corrected chi connectivity index (χ0v) is 18.2. The monoisotopic (exact) mass is 440 g/mol. The highest BCUT2D eigenvalue weighted by Gasteiger charge is 2.13. The number of benzene rings is 4. The normalized spacial score (nSPS) is 10.9. The highest BCUT2D eigenvalue weighted by Crippen LogP contribution is 2.36. The summed E-state index contributed by atoms with van der Waals surface area (Å²) in [5, 5.41) is 5.89. The van der Waals surface area contributed by atoms with Crippen molar-refractivity contribution in [1.82, 2.24) is 4.98 Å². The first-order valence-electron chi connectivity index (χ1n) is 10.2. The van der Waals surface area contributed by atoms with Gasteiger partial charge in [-0.25, -0.2) is 4.98 Å². The smallest absolute Gasteiger partial charge is 0.262 e. The first-order valence-corrected chi connectivity index (χ1v) is 11.0. The number of aromatic nitrogens is 1. The van der Waals surface area contributed by atoms with Gasteiger partial charge in [0.2, 0.25) is 0 Å². The van der Waals surface area contributed by atoms with Crippen molar-refractivity contribution in [3.63, 3.8) is 0 Å². The van der Waals surface area contributed by atoms with Crippen LogP contribution in [-0.4, -0.2) is 24.6 Å². The van der Waals surface area contributed by atoms with Gasteiger partial charge in [-0.15, -0.1) is 11.3 Å². The number of methoxy groups -OCH3 is 1. The third-order valence-electron chi connectivity index (χ3n) is 5.13. The number of amides is 1. The van der Waals surface area contributed by atoms with Crippen LogP contribution >= 0.6 is 11.3 Å². The molecule has 32 heavy (non-hydrogen) atoms. The van der Waals surface area contributed by atoms with E-state index < -0.39 is 0 Å². The van der Waals surface area contributed by atoms with Crippen LogP contribution in [0.4, 0.5) is 5.69 Å². The van der Waals surface area contributed by atoms with Gasteiger partial charge in [0.1, 0.15) is 5.01 Å². The molecule has 0 unspecified atom stereocenters. The van der Waals surface area contributed by atoms with Crippen LogP contribution in [0.1, 0.15) is 0 Å². The van der Waals surface area contributed by atoms with E-state index in [2.05, 4.69) is 11.4 Å². The lowest BCUT2D eigenvalue weighted by Crippen LogP contribution is -2.20. The Morgan fingerprint density at radius 1 is 0.938 bits per heavy atom. The number of hydrogen-bond acceptors (Lipinski definition) is 5. The minimum atomic E-state index is -0.237. The van der Waals surface area contributed by atoms with Crippen molar-refractivity contribution < 1.29 is 14.3 Å². The lowest BCUT2D eigenvalue weighted by molar-refractivity contribution is -0.118. The van der Waals surface area contributed by atoms with Crippen molar-refractivity contribution in [3.8, 4) is 22.1 Å². The summed E-state index contributed by atoms with van der Waals surface area (Å²) in [6.45, 7) is -0.125. The Bertz CT molecular complexity index is 1390. The Kier molecular flexibility index (Phi) is 5.44. The molecule has 0 bridgehead atoms. The molecule has 158 valence electrons. The average molecular weight is 441 g/mol. The average Bonchev–Trinajstić information content (AvgIpc) is 3.27. The Morgan fingerprint density at radius 2 is 1.75 bits per heavy atom. The summed E-state index contributed by atoms with van der Waals surface area (Å²) in [5.74, 6) is 0.823. The number of fused-ring (bicyclic) bond motifs is 2. The fraction of sp³-hybridized carbons (Fsp3) is 0.0769. The fourth-order valence-corrected chi connectivity index (χ4v) is 4.54. The molecule has 5 rings (SSSR count). The Morgan fingerprint density at radius 3 is 2.62 bits per heavy atom. The zero-order chi connectivity index (χ0) is 21.9. The maximum absolute atomic E-state index is 12.5. The van der Waals surface area contributed by atoms with Crippen molar-refractivity contribution >= 4 is 43.9 Å². The van der Waals surface area contributed by atoms with Gasteiger partial charge in [-0.3, -0.25) is 4.79 Å². The zero-order valence-electron chi connectivity index (χ0n) is 17.4. The first kappa shape index (κ1) is 20.0. The number of carbonyl (C=O) groups is 1. The molecule has 1 N–H and O–H groups in total. The molecule has 4 aromatic carbocycles. The molecule has 0 saturated heterocycles. The predicted molar refractivity (Wildman–Crippen MR) is 130 cm³/mol. The van der Waals surface area contributed by atoms with Gasteiger partial charge in [0.05, 0.1) is 17.3 Å². The number of carbonyl (C=O) groups excluding carboxylic acids is 1. The van der Waals surface area contributed by atoms with Crippen molar-refractivity contribution in [2.24, 2.45) is 0 Å². The molecule has 0 radical (unpaired) electrons. The van der Waals surface area contributed by atoms with Crippen LogP contribution in [0.3, 0.4) is 0 Å². The third kappa shape index (κ3) is 4.00. The minimum Gasteiger partial charge on any atom is -0.493 e. The molecule has 0 aliphatic carbocycles. The standard InChI is InChI=1S/C26H20N2O3S/c1-30-23-15-18(26-28-21-10-4-5-12-24(21)32-26)13-14-22(23)31-16-25(29)27-20-11-6-8-17-7-2-3-9-19(17)20/h2-15H,16H2,1H3,(H,27,29). The van der Waals surface area contributed by atoms with E-state index in [9.17, 15) is 4.79 Å². The number of nitrogens with one attached hydrogen (secondary N) is 1. The van der Waals surface area contributed by atoms with Crippen LogP contribution < -0.4 is 14.8 Å². The van der Waals surface area contributed by atoms with Crippen LogP contribution in [0.15, 0.2) is 84.9 Å². The van der Waals surface area contributed by atoms with Crippen molar-refractivity contribution in [2.45, 2.75) is 0 Å². The summed E-state index contributed by atoms with van der Waals surface area (Å²) in [6, 6.07) is 27.4. The molecule has 1 amide bonds. The molecule has 1 heterocycles. The molecular formula is C26H20N2O3S. The topological polar surface area (TPSA) is 60.5 Å². The van der Waals surface area contributed by atoms with Gasteiger partial charge in [-0.2, -0.15) is 0 Å². The van der Waals surface area contributed by atoms with Crippen LogP contribution in [0.5, 0.6) is 11.5 Å². The number of ether oxygens (including phenoxy) is 2. The second kappa shape index (κ2) is 8.69. The number of rotatable bonds is 6. The predicted octanol–water partition coefficient (Wildman–Crippen LogP) is 6.14. The molecule has 0 atom stereocenters. The summed E-state index contributed by atoms with van der Waals surface area (Å²) >= 11 is 1.62. The van der Waals surface area contributed by atoms with Gasteiger partial charge in [0, 0.05) is 16.6 Å². The van der Waals surface area contributed by atoms with E-state index in [1.54, 1.807) is 18.4 Å². The van der Waals surface area contributed by atoms with Crippen LogP contribution in [0, 0.1) is 0 Å². The maximum Gasteiger partial charge on any atom is 0.262 e. The summed E-state index contributed by atoms with van der Waals surface area (Å²) in [7, 11) is 1.58. The Hall–Kier alpha value is -3.90. The lowest BCUT2D eigenvalue weighted by atomic mass is 10.1. The SMILES string of the molecule is COc1cc(-c2nc3ccccc3s2)ccc1OCC(=O)Nc1cccc2ccccc12. The molecule has 0 fully saturated rings. The number of nitrogens with zero attached hydrogens (tertiary/aromatic N) is 1. The van der Waals surface area contributed by atoms with Crippen molar-refractivity contribution in [2.75, 3.05) is 19.0 Å². The third-order valence-corrected chi connectivity index (χ3v) is 6.21. The molecule has 0 spiro atoms. The first-order chi connectivity index (χ1) is 15.7. The van der Waals surface area contributed by atoms with E-state index in [0.29, 0.717) is 11.5 Å². The highest BCUT2D eigenvalue weighted by molar-refractivity contribution is 7.21. The number of thiazole rings is 1. The van der Waals surface area contributed by atoms with E-state index in [1.165, 1.54) is 0 Å². The Balaban J connectivity index is 1.31. The minimum absolute atomic E-state index is 0.125. The largest absolute Gasteiger partial charge is 0.493 e. The molecule has 6 heteroatoms. The molecule has 5 aromatic rings. The maximum atomic E-state index is 12.5. The van der Waals surface area contributed by atoms with Crippen LogP contribution in [0.2, 0.25) is 0 Å². The molecule has 0 aliphatic heterocycles. The summed E-state index contributed by atoms with van der Waals surface area (Å²) in [6.07, 6.45) is 0. The summed E-state index contributed by atoms with van der Waals surface area (Å²) in [5.41, 5.74) is 2.67. The number of para-hydroxylation sites is 1. The van der Waals surface area contributed by atoms with Crippen LogP contribution in [-0.2, 0) is 4.79 Å². The summed E-state index contributed by atoms with van der Waals surface area (Å²) in [4.78, 5) is 17.2. The van der Waals surface area contributed by atoms with Gasteiger partial charge >= 0.3 is 0 Å². The number of hydrogen-bond donors (Lipinski definition) is 1. The Labute approximate surface area is 189 Å². The molecule has 5 nitrogen and oxygen atoms in total. The van der Waals surface area contributed by atoms with E-state index in [0.717, 1.165) is 37.2 Å². The van der Waals surface area contributed by atoms with E-state index >= 15 is 0 Å². The van der Waals surface area contributed by atoms with Crippen molar-refractivity contribution in [1.29, 1.82) is 0 Å². The quantitative estimate of drug-likeness (QED) is 0.344. The van der Waals surface area contributed by atoms with E-state index in [1.807, 2.05) is 78.9 Å². The summed E-state index contributed by atoms with van der Waals surface area (Å²) < 4.78 is 12.4. The lowest BCUT2D eigenvalue weighted by Gasteiger charge is -2.12. The fourth-order valence-electron chi connectivity index (χ4n) is 3.58. The van der Waals surface area contributed by atoms with Crippen molar-refractivity contribution in [3.05, 3.63) is 84.9 Å². The van der Waals surface area contributed by atoms with Gasteiger partial charge < -0.3 is 14.8 Å². The van der Waals surface area contributed by atoms with E-state index in [-0.39, 0.29) is 12.5 Å². The highest BCUT2D eigenvalue weighted by atomic mass is 32.1. The van der Waals surface area contributed by atoms with Gasteiger partial charge in [-0.1, -0.05) is 48.5 Å². The molecule has 0 saturated carbocycles. The molecule has 1 aromatic heterocycles. The number of anilines is 1. The van der Waals surface area contributed by atoms with E-state index in [4.69, 9.17) is 14.5 Å². The van der Waals surface area contributed by atoms with Crippen LogP contribution in [0.25, 0.3) is 31.6 Å². The van der Waals surface area contributed by atoms with Gasteiger partial charge in [0.25, 0.3) is 5.91 Å².